The molecule has 19 heavy (non-hydrogen) atoms. The topological polar surface area (TPSA) is 51.6 Å². The third-order valence-corrected chi connectivity index (χ3v) is 3.70. The second-order valence-electron chi connectivity index (χ2n) is 4.01. The minimum Gasteiger partial charge on any atom is -0.493 e. The molecule has 2 aromatic rings. The molecule has 1 aromatic heterocycles. The standard InChI is InChI=1S/C14H17NO3S/c1-17-12-7-3-6-11(13(12)18-2)14-15-10(9-19-14)5-4-8-16/h3,6-7,9,16H,4-5,8H2,1-2H3. The van der Waals surface area contributed by atoms with E-state index in [4.69, 9.17) is 14.6 Å². The maximum Gasteiger partial charge on any atom is 0.170 e. The average molecular weight is 279 g/mol. The SMILES string of the molecule is COc1cccc(-c2nc(CCCO)cs2)c1OC. The van der Waals surface area contributed by atoms with Crippen molar-refractivity contribution in [2.75, 3.05) is 20.8 Å². The fourth-order valence-electron chi connectivity index (χ4n) is 1.86. The van der Waals surface area contributed by atoms with Crippen LogP contribution < -0.4 is 9.47 Å². The molecule has 102 valence electrons. The molecule has 1 aromatic carbocycles. The van der Waals surface area contributed by atoms with Crippen molar-refractivity contribution in [1.29, 1.82) is 0 Å². The molecule has 0 amide bonds. The summed E-state index contributed by atoms with van der Waals surface area (Å²) < 4.78 is 10.7. The highest BCUT2D eigenvalue weighted by Gasteiger charge is 2.14. The zero-order valence-corrected chi connectivity index (χ0v) is 11.9. The summed E-state index contributed by atoms with van der Waals surface area (Å²) in [5.41, 5.74) is 1.93. The largest absolute Gasteiger partial charge is 0.493 e. The van der Waals surface area contributed by atoms with Crippen molar-refractivity contribution >= 4 is 11.3 Å². The minimum absolute atomic E-state index is 0.190. The molecule has 1 N–H and O–H groups in total. The summed E-state index contributed by atoms with van der Waals surface area (Å²) in [6.07, 6.45) is 1.53. The van der Waals surface area contributed by atoms with Gasteiger partial charge >= 0.3 is 0 Å². The quantitative estimate of drug-likeness (QED) is 0.883. The third kappa shape index (κ3) is 3.05. The van der Waals surface area contributed by atoms with Crippen LogP contribution in [-0.2, 0) is 6.42 Å². The summed E-state index contributed by atoms with van der Waals surface area (Å²) in [4.78, 5) is 4.57. The van der Waals surface area contributed by atoms with Gasteiger partial charge in [0.05, 0.1) is 25.5 Å². The molecule has 1 heterocycles. The average Bonchev–Trinajstić information content (AvgIpc) is 2.92. The summed E-state index contributed by atoms with van der Waals surface area (Å²) in [6, 6.07) is 5.75. The molecule has 0 aliphatic carbocycles. The highest BCUT2D eigenvalue weighted by molar-refractivity contribution is 7.13. The highest BCUT2D eigenvalue weighted by atomic mass is 32.1. The predicted molar refractivity (Wildman–Crippen MR) is 76.1 cm³/mol. The van der Waals surface area contributed by atoms with Crippen molar-refractivity contribution in [1.82, 2.24) is 4.98 Å². The fraction of sp³-hybridized carbons (Fsp3) is 0.357. The Kier molecular flexibility index (Phi) is 4.76. The van der Waals surface area contributed by atoms with Crippen molar-refractivity contribution < 1.29 is 14.6 Å². The van der Waals surface area contributed by atoms with Crippen molar-refractivity contribution in [2.24, 2.45) is 0 Å². The van der Waals surface area contributed by atoms with Gasteiger partial charge in [-0.05, 0) is 25.0 Å². The second kappa shape index (κ2) is 6.54. The summed E-state index contributed by atoms with van der Waals surface area (Å²) in [6.45, 7) is 0.190. The van der Waals surface area contributed by atoms with Crippen LogP contribution in [0, 0.1) is 0 Å². The molecule has 5 heteroatoms. The maximum absolute atomic E-state index is 8.84. The van der Waals surface area contributed by atoms with Crippen LogP contribution in [0.4, 0.5) is 0 Å². The molecule has 0 saturated carbocycles. The number of rotatable bonds is 6. The van der Waals surface area contributed by atoms with E-state index in [2.05, 4.69) is 4.98 Å². The van der Waals surface area contributed by atoms with Crippen LogP contribution in [0.1, 0.15) is 12.1 Å². The van der Waals surface area contributed by atoms with Crippen molar-refractivity contribution in [3.63, 3.8) is 0 Å². The fourth-order valence-corrected chi connectivity index (χ4v) is 2.74. The first-order chi connectivity index (χ1) is 9.30. The Morgan fingerprint density at radius 1 is 1.26 bits per heavy atom. The Hall–Kier alpha value is -1.59. The molecule has 0 saturated heterocycles. The number of benzene rings is 1. The molecule has 0 radical (unpaired) electrons. The predicted octanol–water partition coefficient (Wildman–Crippen LogP) is 2.75. The Labute approximate surface area is 116 Å². The van der Waals surface area contributed by atoms with Crippen LogP contribution in [0.5, 0.6) is 11.5 Å². The van der Waals surface area contributed by atoms with Gasteiger partial charge in [-0.1, -0.05) is 6.07 Å². The third-order valence-electron chi connectivity index (χ3n) is 2.78. The number of methoxy groups -OCH3 is 2. The number of ether oxygens (including phenoxy) is 2. The lowest BCUT2D eigenvalue weighted by atomic mass is 10.2. The number of aryl methyl sites for hydroxylation is 1. The Balaban J connectivity index is 2.33. The van der Waals surface area contributed by atoms with Crippen molar-refractivity contribution in [3.8, 4) is 22.1 Å². The molecular weight excluding hydrogens is 262 g/mol. The van der Waals surface area contributed by atoms with E-state index in [0.29, 0.717) is 11.5 Å². The zero-order chi connectivity index (χ0) is 13.7. The maximum atomic E-state index is 8.84. The molecular formula is C14H17NO3S. The van der Waals surface area contributed by atoms with E-state index < -0.39 is 0 Å². The lowest BCUT2D eigenvalue weighted by Crippen LogP contribution is -1.93. The minimum atomic E-state index is 0.190. The van der Waals surface area contributed by atoms with Crippen molar-refractivity contribution in [3.05, 3.63) is 29.3 Å². The van der Waals surface area contributed by atoms with E-state index in [9.17, 15) is 0 Å². The number of thiazole rings is 1. The zero-order valence-electron chi connectivity index (χ0n) is 11.0. The van der Waals surface area contributed by atoms with Gasteiger partial charge in [0.25, 0.3) is 0 Å². The normalized spacial score (nSPS) is 10.5. The summed E-state index contributed by atoms with van der Waals surface area (Å²) in [7, 11) is 3.25. The van der Waals surface area contributed by atoms with Crippen LogP contribution in [0.2, 0.25) is 0 Å². The molecule has 0 fully saturated rings. The van der Waals surface area contributed by atoms with Gasteiger partial charge in [-0.3, -0.25) is 0 Å². The molecule has 0 spiro atoms. The molecule has 0 aliphatic rings. The number of nitrogens with zero attached hydrogens (tertiary/aromatic N) is 1. The number of hydrogen-bond donors (Lipinski definition) is 1. The van der Waals surface area contributed by atoms with Gasteiger partial charge in [0.15, 0.2) is 11.5 Å². The van der Waals surface area contributed by atoms with Gasteiger partial charge in [-0.2, -0.15) is 0 Å². The number of para-hydroxylation sites is 1. The van der Waals surface area contributed by atoms with Gasteiger partial charge < -0.3 is 14.6 Å². The molecule has 0 aliphatic heterocycles. The molecule has 0 bridgehead atoms. The molecule has 0 atom stereocenters. The Bertz CT molecular complexity index is 539. The van der Waals surface area contributed by atoms with Crippen molar-refractivity contribution in [2.45, 2.75) is 12.8 Å². The van der Waals surface area contributed by atoms with Crippen LogP contribution in [0.3, 0.4) is 0 Å². The van der Waals surface area contributed by atoms with Gasteiger partial charge in [0.1, 0.15) is 5.01 Å². The lowest BCUT2D eigenvalue weighted by Gasteiger charge is -2.10. The first-order valence-electron chi connectivity index (χ1n) is 6.06. The van der Waals surface area contributed by atoms with E-state index >= 15 is 0 Å². The van der Waals surface area contributed by atoms with E-state index in [1.807, 2.05) is 23.6 Å². The lowest BCUT2D eigenvalue weighted by molar-refractivity contribution is 0.288. The number of aliphatic hydroxyl groups is 1. The molecule has 4 nitrogen and oxygen atoms in total. The van der Waals surface area contributed by atoms with Gasteiger partial charge in [0.2, 0.25) is 0 Å². The monoisotopic (exact) mass is 279 g/mol. The van der Waals surface area contributed by atoms with Gasteiger partial charge in [-0.15, -0.1) is 11.3 Å². The van der Waals surface area contributed by atoms with E-state index in [1.165, 1.54) is 0 Å². The number of hydrogen-bond acceptors (Lipinski definition) is 5. The first kappa shape index (κ1) is 13.8. The summed E-state index contributed by atoms with van der Waals surface area (Å²) in [5, 5.41) is 11.8. The van der Waals surface area contributed by atoms with Gasteiger partial charge in [-0.25, -0.2) is 4.98 Å². The van der Waals surface area contributed by atoms with E-state index in [1.54, 1.807) is 25.6 Å². The summed E-state index contributed by atoms with van der Waals surface area (Å²) >= 11 is 1.57. The van der Waals surface area contributed by atoms with E-state index in [-0.39, 0.29) is 6.61 Å². The highest BCUT2D eigenvalue weighted by Crippen LogP contribution is 2.38. The Morgan fingerprint density at radius 2 is 2.11 bits per heavy atom. The van der Waals surface area contributed by atoms with Crippen LogP contribution in [-0.4, -0.2) is 30.9 Å². The Morgan fingerprint density at radius 3 is 2.79 bits per heavy atom. The van der Waals surface area contributed by atoms with E-state index in [0.717, 1.165) is 29.1 Å². The van der Waals surface area contributed by atoms with Crippen LogP contribution in [0.15, 0.2) is 23.6 Å². The first-order valence-corrected chi connectivity index (χ1v) is 6.94. The molecule has 2 rings (SSSR count). The van der Waals surface area contributed by atoms with Gasteiger partial charge in [0, 0.05) is 12.0 Å². The smallest absolute Gasteiger partial charge is 0.170 e. The van der Waals surface area contributed by atoms with Crippen LogP contribution >= 0.6 is 11.3 Å². The number of aliphatic hydroxyl groups excluding tert-OH is 1. The second-order valence-corrected chi connectivity index (χ2v) is 4.87. The summed E-state index contributed by atoms with van der Waals surface area (Å²) in [5.74, 6) is 1.40. The van der Waals surface area contributed by atoms with Crippen LogP contribution in [0.25, 0.3) is 10.6 Å². The molecule has 0 unspecified atom stereocenters. The number of aromatic nitrogens is 1.